The van der Waals surface area contributed by atoms with Crippen molar-refractivity contribution < 1.29 is 23.0 Å². The highest BCUT2D eigenvalue weighted by atomic mass is 35.5. The normalized spacial score (nSPS) is 16.3. The van der Waals surface area contributed by atoms with Gasteiger partial charge in [0.1, 0.15) is 18.0 Å². The number of hydrogen-bond donors (Lipinski definition) is 2. The van der Waals surface area contributed by atoms with Crippen LogP contribution in [0.1, 0.15) is 18.4 Å². The minimum atomic E-state index is -2.51. The highest BCUT2D eigenvalue weighted by Gasteiger charge is 2.39. The minimum Gasteiger partial charge on any atom is -0.488 e. The number of hydrogen-bond acceptors (Lipinski definition) is 4. The van der Waals surface area contributed by atoms with E-state index in [-0.39, 0.29) is 18.3 Å². The Morgan fingerprint density at radius 1 is 1.38 bits per heavy atom. The van der Waals surface area contributed by atoms with Crippen LogP contribution in [0, 0.1) is 0 Å². The van der Waals surface area contributed by atoms with E-state index in [2.05, 4.69) is 10.6 Å². The largest absolute Gasteiger partial charge is 0.488 e. The Balaban J connectivity index is 0.00000288. The lowest BCUT2D eigenvalue weighted by atomic mass is 9.91. The molecule has 0 saturated carbocycles. The highest BCUT2D eigenvalue weighted by molar-refractivity contribution is 5.85. The number of benzene rings is 1. The number of ether oxygens (including phenoxy) is 2. The van der Waals surface area contributed by atoms with Crippen molar-refractivity contribution >= 4 is 18.3 Å². The smallest absolute Gasteiger partial charge is 0.272 e. The van der Waals surface area contributed by atoms with E-state index >= 15 is 0 Å². The number of amides is 1. The van der Waals surface area contributed by atoms with Gasteiger partial charge in [-0.25, -0.2) is 8.78 Å². The van der Waals surface area contributed by atoms with Crippen molar-refractivity contribution in [1.82, 2.24) is 10.6 Å². The van der Waals surface area contributed by atoms with Gasteiger partial charge in [-0.05, 0) is 43.6 Å². The first kappa shape index (κ1) is 20.6. The maximum Gasteiger partial charge on any atom is 0.272 e. The number of halogens is 3. The number of piperidine rings is 1. The summed E-state index contributed by atoms with van der Waals surface area (Å²) in [6, 6.07) is 6.76. The molecule has 1 fully saturated rings. The summed E-state index contributed by atoms with van der Waals surface area (Å²) in [5, 5.41) is 6.05. The second kappa shape index (κ2) is 9.76. The van der Waals surface area contributed by atoms with E-state index in [1.165, 1.54) is 0 Å². The summed E-state index contributed by atoms with van der Waals surface area (Å²) in [5.74, 6) is 0.209. The molecular formula is C16H23ClF2N2O3. The monoisotopic (exact) mass is 364 g/mol. The Morgan fingerprint density at radius 3 is 2.71 bits per heavy atom. The van der Waals surface area contributed by atoms with E-state index in [0.717, 1.165) is 18.7 Å². The van der Waals surface area contributed by atoms with Gasteiger partial charge in [-0.15, -0.1) is 12.4 Å². The molecule has 1 aromatic carbocycles. The summed E-state index contributed by atoms with van der Waals surface area (Å²) in [6.45, 7) is 1.12. The van der Waals surface area contributed by atoms with Gasteiger partial charge in [0.2, 0.25) is 0 Å². The Kier molecular flexibility index (Phi) is 8.38. The van der Waals surface area contributed by atoms with E-state index in [9.17, 15) is 13.6 Å². The molecule has 0 spiro atoms. The molecular weight excluding hydrogens is 342 g/mol. The van der Waals surface area contributed by atoms with Crippen LogP contribution in [0.3, 0.4) is 0 Å². The van der Waals surface area contributed by atoms with Crippen LogP contribution in [0.25, 0.3) is 0 Å². The van der Waals surface area contributed by atoms with Gasteiger partial charge in [-0.2, -0.15) is 0 Å². The Bertz CT molecular complexity index is 526. The van der Waals surface area contributed by atoms with Crippen LogP contribution >= 0.6 is 12.4 Å². The summed E-state index contributed by atoms with van der Waals surface area (Å²) in [6.07, 6.45) is -1.28. The molecule has 1 aromatic rings. The van der Waals surface area contributed by atoms with E-state index in [0.29, 0.717) is 25.1 Å². The first-order valence-corrected chi connectivity index (χ1v) is 7.60. The highest BCUT2D eigenvalue weighted by Crippen LogP contribution is 2.23. The van der Waals surface area contributed by atoms with Gasteiger partial charge >= 0.3 is 0 Å². The molecule has 1 saturated heterocycles. The molecule has 0 atom stereocenters. The standard InChI is InChI=1S/C16H22F2N2O3.ClH/c1-22-16(5-7-19-8-6-16)15(21)20-10-12-3-2-4-13(9-12)23-11-14(17)18;/h2-4,9,14,19H,5-8,10-11H2,1H3,(H,20,21);1H. The van der Waals surface area contributed by atoms with Gasteiger partial charge in [-0.1, -0.05) is 12.1 Å². The molecule has 8 heteroatoms. The van der Waals surface area contributed by atoms with Crippen molar-refractivity contribution in [2.24, 2.45) is 0 Å². The van der Waals surface area contributed by atoms with Crippen LogP contribution in [0.2, 0.25) is 0 Å². The molecule has 1 aliphatic heterocycles. The molecule has 0 radical (unpaired) electrons. The molecule has 2 N–H and O–H groups in total. The SMILES string of the molecule is COC1(C(=O)NCc2cccc(OCC(F)F)c2)CCNCC1.Cl. The molecule has 5 nitrogen and oxygen atoms in total. The number of carbonyl (C=O) groups excluding carboxylic acids is 1. The number of alkyl halides is 2. The van der Waals surface area contributed by atoms with Gasteiger partial charge in [0.25, 0.3) is 12.3 Å². The summed E-state index contributed by atoms with van der Waals surface area (Å²) in [5.41, 5.74) is -0.0139. The van der Waals surface area contributed by atoms with E-state index in [1.54, 1.807) is 31.4 Å². The predicted octanol–water partition coefficient (Wildman–Crippen LogP) is 2.14. The van der Waals surface area contributed by atoms with Crippen molar-refractivity contribution in [3.05, 3.63) is 29.8 Å². The van der Waals surface area contributed by atoms with Crippen LogP contribution in [-0.2, 0) is 16.1 Å². The van der Waals surface area contributed by atoms with Crippen LogP contribution in [0.15, 0.2) is 24.3 Å². The maximum atomic E-state index is 12.4. The lowest BCUT2D eigenvalue weighted by Crippen LogP contribution is -2.53. The third kappa shape index (κ3) is 5.58. The topological polar surface area (TPSA) is 59.6 Å². The van der Waals surface area contributed by atoms with Gasteiger partial charge in [0, 0.05) is 13.7 Å². The zero-order chi connectivity index (χ0) is 16.7. The van der Waals surface area contributed by atoms with Crippen LogP contribution in [-0.4, -0.2) is 44.7 Å². The molecule has 0 unspecified atom stereocenters. The summed E-state index contributed by atoms with van der Waals surface area (Å²) in [7, 11) is 1.55. The average Bonchev–Trinajstić information content (AvgIpc) is 2.58. The number of carbonyl (C=O) groups is 1. The van der Waals surface area contributed by atoms with Crippen LogP contribution < -0.4 is 15.4 Å². The fourth-order valence-electron chi connectivity index (χ4n) is 2.60. The van der Waals surface area contributed by atoms with E-state index in [4.69, 9.17) is 9.47 Å². The Hall–Kier alpha value is -1.44. The molecule has 0 aliphatic carbocycles. The molecule has 1 amide bonds. The lowest BCUT2D eigenvalue weighted by molar-refractivity contribution is -0.146. The number of rotatable bonds is 7. The van der Waals surface area contributed by atoms with Gasteiger partial charge < -0.3 is 20.1 Å². The van der Waals surface area contributed by atoms with Crippen molar-refractivity contribution in [3.8, 4) is 5.75 Å². The van der Waals surface area contributed by atoms with Crippen LogP contribution in [0.5, 0.6) is 5.75 Å². The molecule has 136 valence electrons. The number of methoxy groups -OCH3 is 1. The quantitative estimate of drug-likeness (QED) is 0.778. The minimum absolute atomic E-state index is 0. The Labute approximate surface area is 146 Å². The van der Waals surface area contributed by atoms with Crippen LogP contribution in [0.4, 0.5) is 8.78 Å². The fraction of sp³-hybridized carbons (Fsp3) is 0.562. The number of nitrogens with one attached hydrogen (secondary N) is 2. The van der Waals surface area contributed by atoms with Gasteiger partial charge in [-0.3, -0.25) is 4.79 Å². The second-order valence-corrected chi connectivity index (χ2v) is 5.48. The fourth-order valence-corrected chi connectivity index (χ4v) is 2.60. The third-order valence-electron chi connectivity index (χ3n) is 3.94. The zero-order valence-electron chi connectivity index (χ0n) is 13.5. The molecule has 0 bridgehead atoms. The molecule has 1 aliphatic rings. The lowest BCUT2D eigenvalue weighted by Gasteiger charge is -2.34. The molecule has 1 heterocycles. The van der Waals surface area contributed by atoms with Crippen molar-refractivity contribution in [1.29, 1.82) is 0 Å². The Morgan fingerprint density at radius 2 is 2.08 bits per heavy atom. The van der Waals surface area contributed by atoms with Crippen molar-refractivity contribution in [2.75, 3.05) is 26.8 Å². The van der Waals surface area contributed by atoms with Gasteiger partial charge in [0.05, 0.1) is 0 Å². The second-order valence-electron chi connectivity index (χ2n) is 5.48. The van der Waals surface area contributed by atoms with Crippen molar-refractivity contribution in [2.45, 2.75) is 31.4 Å². The molecule has 2 rings (SSSR count). The van der Waals surface area contributed by atoms with Crippen molar-refractivity contribution in [3.63, 3.8) is 0 Å². The molecule has 0 aromatic heterocycles. The van der Waals surface area contributed by atoms with E-state index in [1.807, 2.05) is 0 Å². The van der Waals surface area contributed by atoms with E-state index < -0.39 is 18.6 Å². The average molecular weight is 365 g/mol. The van der Waals surface area contributed by atoms with Gasteiger partial charge in [0.15, 0.2) is 0 Å². The first-order chi connectivity index (χ1) is 11.1. The maximum absolute atomic E-state index is 12.4. The zero-order valence-corrected chi connectivity index (χ0v) is 14.3. The summed E-state index contributed by atoms with van der Waals surface area (Å²) in [4.78, 5) is 12.4. The third-order valence-corrected chi connectivity index (χ3v) is 3.94. The molecule has 24 heavy (non-hydrogen) atoms. The summed E-state index contributed by atoms with van der Waals surface area (Å²) < 4.78 is 34.8. The predicted molar refractivity (Wildman–Crippen MR) is 88.9 cm³/mol. The first-order valence-electron chi connectivity index (χ1n) is 7.60. The summed E-state index contributed by atoms with van der Waals surface area (Å²) >= 11 is 0.